The van der Waals surface area contributed by atoms with E-state index in [1.165, 1.54) is 32.2 Å². The molecule has 0 aromatic heterocycles. The average molecular weight is 219 g/mol. The van der Waals surface area contributed by atoms with Gasteiger partial charge in [0.25, 0.3) is 0 Å². The molecule has 3 heteroatoms. The first kappa shape index (κ1) is 11.1. The van der Waals surface area contributed by atoms with Crippen molar-refractivity contribution in [3.63, 3.8) is 0 Å². The van der Waals surface area contributed by atoms with Crippen LogP contribution in [-0.4, -0.2) is 31.1 Å². The second-order valence-corrected chi connectivity index (χ2v) is 4.18. The molecule has 1 aromatic rings. The van der Waals surface area contributed by atoms with Gasteiger partial charge in [-0.15, -0.1) is 0 Å². The molecule has 0 N–H and O–H groups in total. The Bertz CT molecular complexity index is 368. The summed E-state index contributed by atoms with van der Waals surface area (Å²) >= 11 is 0. The molecule has 1 fully saturated rings. The van der Waals surface area contributed by atoms with Gasteiger partial charge in [0.05, 0.1) is 12.7 Å². The quantitative estimate of drug-likeness (QED) is 0.730. The van der Waals surface area contributed by atoms with Crippen LogP contribution in [0.1, 0.15) is 35.3 Å². The Balaban J connectivity index is 2.09. The fourth-order valence-electron chi connectivity index (χ4n) is 1.95. The Kier molecular flexibility index (Phi) is 3.25. The van der Waals surface area contributed by atoms with E-state index in [9.17, 15) is 4.79 Å². The molecule has 0 spiro atoms. The molecule has 0 bridgehead atoms. The summed E-state index contributed by atoms with van der Waals surface area (Å²) in [5.74, 6) is -0.275. The summed E-state index contributed by atoms with van der Waals surface area (Å²) in [4.78, 5) is 13.7. The highest BCUT2D eigenvalue weighted by molar-refractivity contribution is 5.89. The van der Waals surface area contributed by atoms with Crippen LogP contribution in [-0.2, 0) is 4.74 Å². The number of likely N-dealkylation sites (tertiary alicyclic amines) is 1. The predicted octanol–water partition coefficient (Wildman–Crippen LogP) is 2.24. The summed E-state index contributed by atoms with van der Waals surface area (Å²) in [5, 5.41) is 0. The van der Waals surface area contributed by atoms with E-state index in [-0.39, 0.29) is 5.97 Å². The summed E-state index contributed by atoms with van der Waals surface area (Å²) in [6.45, 7) is 4.56. The van der Waals surface area contributed by atoms with Crippen LogP contribution < -0.4 is 0 Å². The molecule has 86 valence electrons. The fraction of sp³-hybridized carbons (Fsp3) is 0.462. The van der Waals surface area contributed by atoms with Crippen LogP contribution in [0.2, 0.25) is 0 Å². The number of hydrogen-bond acceptors (Lipinski definition) is 3. The minimum atomic E-state index is -0.275. The highest BCUT2D eigenvalue weighted by Gasteiger charge is 2.21. The molecular formula is C13H17NO2. The second-order valence-electron chi connectivity index (χ2n) is 4.18. The van der Waals surface area contributed by atoms with Crippen molar-refractivity contribution in [2.24, 2.45) is 0 Å². The van der Waals surface area contributed by atoms with E-state index in [1.54, 1.807) is 0 Å². The predicted molar refractivity (Wildman–Crippen MR) is 62.4 cm³/mol. The Morgan fingerprint density at radius 2 is 1.94 bits per heavy atom. The van der Waals surface area contributed by atoms with Crippen molar-refractivity contribution in [3.05, 3.63) is 35.4 Å². The third-order valence-electron chi connectivity index (χ3n) is 3.25. The first-order chi connectivity index (χ1) is 7.72. The van der Waals surface area contributed by atoms with Crippen LogP contribution in [0.3, 0.4) is 0 Å². The minimum Gasteiger partial charge on any atom is -0.465 e. The van der Waals surface area contributed by atoms with E-state index in [4.69, 9.17) is 0 Å². The summed E-state index contributed by atoms with van der Waals surface area (Å²) in [7, 11) is 1.40. The highest BCUT2D eigenvalue weighted by atomic mass is 16.5. The first-order valence-corrected chi connectivity index (χ1v) is 5.64. The molecule has 1 heterocycles. The van der Waals surface area contributed by atoms with Crippen LogP contribution in [0.25, 0.3) is 0 Å². The molecule has 0 aliphatic carbocycles. The van der Waals surface area contributed by atoms with Crippen LogP contribution in [0.4, 0.5) is 0 Å². The largest absolute Gasteiger partial charge is 0.465 e. The van der Waals surface area contributed by atoms with Crippen LogP contribution in [0.5, 0.6) is 0 Å². The topological polar surface area (TPSA) is 29.5 Å². The van der Waals surface area contributed by atoms with Gasteiger partial charge in [-0.3, -0.25) is 4.90 Å². The second kappa shape index (κ2) is 4.66. The summed E-state index contributed by atoms with van der Waals surface area (Å²) in [6.07, 6.45) is 1.30. The summed E-state index contributed by atoms with van der Waals surface area (Å²) in [5.41, 5.74) is 1.87. The van der Waals surface area contributed by atoms with E-state index >= 15 is 0 Å². The molecule has 0 radical (unpaired) electrons. The lowest BCUT2D eigenvalue weighted by Gasteiger charge is -2.36. The van der Waals surface area contributed by atoms with E-state index in [0.29, 0.717) is 11.6 Å². The zero-order valence-electron chi connectivity index (χ0n) is 9.77. The molecule has 3 nitrogen and oxygen atoms in total. The van der Waals surface area contributed by atoms with Gasteiger partial charge in [0, 0.05) is 6.04 Å². The van der Waals surface area contributed by atoms with E-state index in [2.05, 4.69) is 16.6 Å². The number of rotatable bonds is 3. The number of benzene rings is 1. The van der Waals surface area contributed by atoms with Gasteiger partial charge in [-0.25, -0.2) is 4.79 Å². The van der Waals surface area contributed by atoms with Gasteiger partial charge >= 0.3 is 5.97 Å². The van der Waals surface area contributed by atoms with Gasteiger partial charge in [0.15, 0.2) is 0 Å². The molecule has 1 aromatic carbocycles. The van der Waals surface area contributed by atoms with Gasteiger partial charge in [-0.05, 0) is 44.1 Å². The molecule has 1 aliphatic heterocycles. The molecule has 1 aliphatic rings. The highest BCUT2D eigenvalue weighted by Crippen LogP contribution is 2.25. The lowest BCUT2D eigenvalue weighted by molar-refractivity contribution is 0.0600. The van der Waals surface area contributed by atoms with Crippen molar-refractivity contribution < 1.29 is 9.53 Å². The first-order valence-electron chi connectivity index (χ1n) is 5.64. The lowest BCUT2D eigenvalue weighted by atomic mass is 10.0. The van der Waals surface area contributed by atoms with Crippen LogP contribution in [0, 0.1) is 0 Å². The molecular weight excluding hydrogens is 202 g/mol. The molecule has 16 heavy (non-hydrogen) atoms. The van der Waals surface area contributed by atoms with Gasteiger partial charge in [0.2, 0.25) is 0 Å². The average Bonchev–Trinajstić information content (AvgIpc) is 2.26. The lowest BCUT2D eigenvalue weighted by Crippen LogP contribution is -2.38. The Morgan fingerprint density at radius 1 is 1.31 bits per heavy atom. The monoisotopic (exact) mass is 219 g/mol. The Hall–Kier alpha value is -1.35. The number of hydrogen-bond donors (Lipinski definition) is 0. The van der Waals surface area contributed by atoms with Crippen molar-refractivity contribution in [2.45, 2.75) is 19.4 Å². The van der Waals surface area contributed by atoms with Crippen molar-refractivity contribution in [2.75, 3.05) is 20.2 Å². The maximum Gasteiger partial charge on any atom is 0.337 e. The fourth-order valence-corrected chi connectivity index (χ4v) is 1.95. The zero-order chi connectivity index (χ0) is 11.5. The smallest absolute Gasteiger partial charge is 0.337 e. The van der Waals surface area contributed by atoms with Gasteiger partial charge in [0.1, 0.15) is 0 Å². The van der Waals surface area contributed by atoms with Gasteiger partial charge in [-0.1, -0.05) is 12.1 Å². The van der Waals surface area contributed by atoms with Gasteiger partial charge in [-0.2, -0.15) is 0 Å². The van der Waals surface area contributed by atoms with E-state index < -0.39 is 0 Å². The molecule has 1 unspecified atom stereocenters. The number of nitrogens with zero attached hydrogens (tertiary/aromatic N) is 1. The number of ether oxygens (including phenoxy) is 1. The molecule has 0 amide bonds. The third-order valence-corrected chi connectivity index (χ3v) is 3.25. The SMILES string of the molecule is COC(=O)c1ccc(C(C)N2CCC2)cc1. The number of carbonyl (C=O) groups excluding carboxylic acids is 1. The Labute approximate surface area is 96.0 Å². The summed E-state index contributed by atoms with van der Waals surface area (Å²) < 4.78 is 4.67. The zero-order valence-corrected chi connectivity index (χ0v) is 9.77. The van der Waals surface area contributed by atoms with Crippen molar-refractivity contribution in [1.29, 1.82) is 0 Å². The van der Waals surface area contributed by atoms with Gasteiger partial charge < -0.3 is 4.74 Å². The van der Waals surface area contributed by atoms with Crippen molar-refractivity contribution >= 4 is 5.97 Å². The minimum absolute atomic E-state index is 0.275. The third kappa shape index (κ3) is 2.09. The van der Waals surface area contributed by atoms with E-state index in [1.807, 2.05) is 24.3 Å². The summed E-state index contributed by atoms with van der Waals surface area (Å²) in [6, 6.07) is 8.12. The number of esters is 1. The standard InChI is InChI=1S/C13H17NO2/c1-10(14-8-3-9-14)11-4-6-12(7-5-11)13(15)16-2/h4-7,10H,3,8-9H2,1-2H3. The Morgan fingerprint density at radius 3 is 2.38 bits per heavy atom. The molecule has 1 saturated heterocycles. The van der Waals surface area contributed by atoms with Crippen molar-refractivity contribution in [1.82, 2.24) is 4.90 Å². The molecule has 1 atom stereocenters. The van der Waals surface area contributed by atoms with Crippen LogP contribution in [0.15, 0.2) is 24.3 Å². The number of carbonyl (C=O) groups is 1. The van der Waals surface area contributed by atoms with Crippen molar-refractivity contribution in [3.8, 4) is 0 Å². The number of methoxy groups -OCH3 is 1. The molecule has 0 saturated carbocycles. The van der Waals surface area contributed by atoms with Crippen LogP contribution >= 0.6 is 0 Å². The normalized spacial score (nSPS) is 17.6. The maximum atomic E-state index is 11.3. The maximum absolute atomic E-state index is 11.3. The van der Waals surface area contributed by atoms with E-state index in [0.717, 1.165) is 0 Å². The molecule has 2 rings (SSSR count).